The fraction of sp³-hybridized carbons (Fsp3) is 0.320. The highest BCUT2D eigenvalue weighted by atomic mass is 16.5. The van der Waals surface area contributed by atoms with Crippen LogP contribution in [0.3, 0.4) is 0 Å². The molecule has 2 aromatic carbocycles. The van der Waals surface area contributed by atoms with Crippen molar-refractivity contribution in [3.8, 4) is 11.3 Å². The number of aryl methyl sites for hydroxylation is 1. The third kappa shape index (κ3) is 4.36. The van der Waals surface area contributed by atoms with Gasteiger partial charge < -0.3 is 9.63 Å². The van der Waals surface area contributed by atoms with Gasteiger partial charge in [0.15, 0.2) is 0 Å². The largest absolute Gasteiger partial charge is 0.389 e. The van der Waals surface area contributed by atoms with Crippen molar-refractivity contribution in [2.75, 3.05) is 13.1 Å². The van der Waals surface area contributed by atoms with Crippen molar-refractivity contribution in [3.05, 3.63) is 77.8 Å². The molecule has 1 saturated heterocycles. The van der Waals surface area contributed by atoms with Crippen molar-refractivity contribution < 1.29 is 9.63 Å². The minimum Gasteiger partial charge on any atom is -0.389 e. The molecule has 31 heavy (non-hydrogen) atoms. The van der Waals surface area contributed by atoms with Crippen molar-refractivity contribution in [1.82, 2.24) is 20.0 Å². The molecule has 0 aliphatic carbocycles. The van der Waals surface area contributed by atoms with Crippen LogP contribution in [0.1, 0.15) is 30.0 Å². The number of likely N-dealkylation sites (tertiary alicyclic amines) is 1. The lowest BCUT2D eigenvalue weighted by molar-refractivity contribution is -0.0268. The molecule has 0 bridgehead atoms. The molecule has 6 nitrogen and oxygen atoms in total. The number of rotatable bonds is 5. The number of aliphatic hydroxyl groups is 1. The lowest BCUT2D eigenvalue weighted by Crippen LogP contribution is -2.45. The zero-order valence-electron chi connectivity index (χ0n) is 17.7. The quantitative estimate of drug-likeness (QED) is 0.528. The van der Waals surface area contributed by atoms with Crippen molar-refractivity contribution in [2.24, 2.45) is 0 Å². The fourth-order valence-electron chi connectivity index (χ4n) is 4.26. The second kappa shape index (κ2) is 8.21. The lowest BCUT2D eigenvalue weighted by Gasteiger charge is -2.37. The van der Waals surface area contributed by atoms with Gasteiger partial charge in [0, 0.05) is 37.7 Å². The summed E-state index contributed by atoms with van der Waals surface area (Å²) >= 11 is 0. The van der Waals surface area contributed by atoms with E-state index in [-0.39, 0.29) is 0 Å². The molecule has 0 spiro atoms. The molecular formula is C25H26N4O2. The van der Waals surface area contributed by atoms with E-state index < -0.39 is 5.60 Å². The van der Waals surface area contributed by atoms with Gasteiger partial charge in [-0.1, -0.05) is 47.6 Å². The van der Waals surface area contributed by atoms with Gasteiger partial charge in [-0.15, -0.1) is 0 Å². The van der Waals surface area contributed by atoms with Crippen LogP contribution in [0.4, 0.5) is 0 Å². The summed E-state index contributed by atoms with van der Waals surface area (Å²) in [5, 5.41) is 15.3. The SMILES string of the molecule is Cc1nc2ccccc2nc1CN1CCC(O)(Cc2cc(-c3ccccc3)no2)CC1. The van der Waals surface area contributed by atoms with Crippen LogP contribution in [-0.4, -0.2) is 43.8 Å². The Bertz CT molecular complexity index is 1180. The Hall–Kier alpha value is -3.09. The summed E-state index contributed by atoms with van der Waals surface area (Å²) in [6.45, 7) is 4.39. The van der Waals surface area contributed by atoms with E-state index in [1.807, 2.05) is 67.6 Å². The summed E-state index contributed by atoms with van der Waals surface area (Å²) in [6.07, 6.45) is 1.86. The van der Waals surface area contributed by atoms with Gasteiger partial charge in [0.05, 0.1) is 28.0 Å². The first-order valence-electron chi connectivity index (χ1n) is 10.8. The fourth-order valence-corrected chi connectivity index (χ4v) is 4.26. The predicted octanol–water partition coefficient (Wildman–Crippen LogP) is 4.16. The monoisotopic (exact) mass is 414 g/mol. The van der Waals surface area contributed by atoms with Gasteiger partial charge in [0.25, 0.3) is 0 Å². The average Bonchev–Trinajstić information content (AvgIpc) is 3.24. The molecule has 1 aliphatic heterocycles. The highest BCUT2D eigenvalue weighted by Crippen LogP contribution is 2.29. The number of para-hydroxylation sites is 2. The minimum atomic E-state index is -0.770. The maximum Gasteiger partial charge on any atom is 0.140 e. The van der Waals surface area contributed by atoms with Gasteiger partial charge in [-0.25, -0.2) is 9.97 Å². The molecule has 5 rings (SSSR count). The molecule has 1 aliphatic rings. The number of aromatic nitrogens is 3. The van der Waals surface area contributed by atoms with Gasteiger partial charge in [0.1, 0.15) is 11.5 Å². The van der Waals surface area contributed by atoms with Gasteiger partial charge >= 0.3 is 0 Å². The summed E-state index contributed by atoms with van der Waals surface area (Å²) in [6, 6.07) is 19.9. The first-order valence-corrected chi connectivity index (χ1v) is 10.8. The van der Waals surface area contributed by atoms with Crippen molar-refractivity contribution in [2.45, 2.75) is 38.3 Å². The number of nitrogens with zero attached hydrogens (tertiary/aromatic N) is 4. The summed E-state index contributed by atoms with van der Waals surface area (Å²) in [5.74, 6) is 0.728. The minimum absolute atomic E-state index is 0.482. The molecule has 1 N–H and O–H groups in total. The van der Waals surface area contributed by atoms with Crippen LogP contribution in [-0.2, 0) is 13.0 Å². The maximum atomic E-state index is 11.1. The Morgan fingerprint density at radius 3 is 2.39 bits per heavy atom. The van der Waals surface area contributed by atoms with E-state index in [4.69, 9.17) is 14.5 Å². The summed E-state index contributed by atoms with van der Waals surface area (Å²) in [7, 11) is 0. The molecule has 4 aromatic rings. The Labute approximate surface area is 181 Å². The number of piperidine rings is 1. The molecule has 0 unspecified atom stereocenters. The molecule has 0 amide bonds. The number of benzene rings is 2. The predicted molar refractivity (Wildman–Crippen MR) is 119 cm³/mol. The summed E-state index contributed by atoms with van der Waals surface area (Å²) in [5.41, 5.74) is 4.89. The van der Waals surface area contributed by atoms with Gasteiger partial charge in [0.2, 0.25) is 0 Å². The first kappa shape index (κ1) is 19.8. The highest BCUT2D eigenvalue weighted by Gasteiger charge is 2.34. The Kier molecular flexibility index (Phi) is 5.26. The van der Waals surface area contributed by atoms with Crippen molar-refractivity contribution in [1.29, 1.82) is 0 Å². The molecular weight excluding hydrogens is 388 g/mol. The van der Waals surface area contributed by atoms with E-state index in [1.165, 1.54) is 0 Å². The molecule has 0 atom stereocenters. The van der Waals surface area contributed by atoms with Crippen LogP contribution < -0.4 is 0 Å². The smallest absolute Gasteiger partial charge is 0.140 e. The third-order valence-electron chi connectivity index (χ3n) is 6.13. The molecule has 0 saturated carbocycles. The molecule has 158 valence electrons. The van der Waals surface area contributed by atoms with E-state index in [2.05, 4.69) is 10.1 Å². The van der Waals surface area contributed by atoms with E-state index in [9.17, 15) is 5.11 Å². The third-order valence-corrected chi connectivity index (χ3v) is 6.13. The van der Waals surface area contributed by atoms with Crippen LogP contribution in [0.5, 0.6) is 0 Å². The van der Waals surface area contributed by atoms with Crippen LogP contribution in [0, 0.1) is 6.92 Å². The highest BCUT2D eigenvalue weighted by molar-refractivity contribution is 5.74. The zero-order valence-corrected chi connectivity index (χ0v) is 17.7. The van der Waals surface area contributed by atoms with E-state index in [0.29, 0.717) is 19.3 Å². The molecule has 0 radical (unpaired) electrons. The molecule has 1 fully saturated rings. The number of hydrogen-bond acceptors (Lipinski definition) is 6. The summed E-state index contributed by atoms with van der Waals surface area (Å²) < 4.78 is 5.52. The van der Waals surface area contributed by atoms with Gasteiger partial charge in [-0.2, -0.15) is 0 Å². The Balaban J connectivity index is 1.22. The second-order valence-electron chi connectivity index (χ2n) is 8.47. The number of fused-ring (bicyclic) bond motifs is 1. The van der Waals surface area contributed by atoms with Crippen molar-refractivity contribution in [3.63, 3.8) is 0 Å². The Morgan fingerprint density at radius 1 is 0.968 bits per heavy atom. The van der Waals surface area contributed by atoms with Crippen molar-refractivity contribution >= 4 is 11.0 Å². The Morgan fingerprint density at radius 2 is 1.65 bits per heavy atom. The standard InChI is InChI=1S/C25H26N4O2/c1-18-24(27-22-10-6-5-9-21(22)26-18)17-29-13-11-25(30,12-14-29)16-20-15-23(28-31-20)19-7-3-2-4-8-19/h2-10,15,30H,11-14,16-17H2,1H3. The first-order chi connectivity index (χ1) is 15.1. The zero-order chi connectivity index (χ0) is 21.3. The topological polar surface area (TPSA) is 75.3 Å². The van der Waals surface area contributed by atoms with Gasteiger partial charge in [-0.3, -0.25) is 4.90 Å². The van der Waals surface area contributed by atoms with E-state index in [0.717, 1.165) is 59.1 Å². The second-order valence-corrected chi connectivity index (χ2v) is 8.47. The van der Waals surface area contributed by atoms with E-state index in [1.54, 1.807) is 0 Å². The number of hydrogen-bond donors (Lipinski definition) is 1. The molecule has 2 aromatic heterocycles. The van der Waals surface area contributed by atoms with Crippen LogP contribution in [0.2, 0.25) is 0 Å². The van der Waals surface area contributed by atoms with Crippen LogP contribution in [0.15, 0.2) is 65.2 Å². The van der Waals surface area contributed by atoms with E-state index >= 15 is 0 Å². The molecule has 3 heterocycles. The maximum absolute atomic E-state index is 11.1. The normalized spacial score (nSPS) is 16.6. The van der Waals surface area contributed by atoms with Crippen LogP contribution in [0.25, 0.3) is 22.3 Å². The van der Waals surface area contributed by atoms with Crippen LogP contribution >= 0.6 is 0 Å². The summed E-state index contributed by atoms with van der Waals surface area (Å²) in [4.78, 5) is 11.9. The average molecular weight is 415 g/mol. The van der Waals surface area contributed by atoms with Gasteiger partial charge in [-0.05, 0) is 31.9 Å². The molecule has 6 heteroatoms. The lowest BCUT2D eigenvalue weighted by atomic mass is 9.87.